The van der Waals surface area contributed by atoms with E-state index in [1.54, 1.807) is 54.5 Å². The summed E-state index contributed by atoms with van der Waals surface area (Å²) in [6.07, 6.45) is 3.98. The molecule has 0 bridgehead atoms. The van der Waals surface area contributed by atoms with Gasteiger partial charge in [0.1, 0.15) is 23.2 Å². The number of aliphatic hydroxyl groups is 1. The molecule has 4 aliphatic rings. The molecule has 4 fully saturated rings. The number of rotatable bonds is 16. The molecule has 0 amide bonds. The van der Waals surface area contributed by atoms with Gasteiger partial charge < -0.3 is 52.8 Å². The first-order valence-electron chi connectivity index (χ1n) is 24.9. The summed E-state index contributed by atoms with van der Waals surface area (Å²) in [6.45, 7) is 13.4. The highest BCUT2D eigenvalue weighted by Crippen LogP contribution is 2.49. The first-order chi connectivity index (χ1) is 33.2. The van der Waals surface area contributed by atoms with Gasteiger partial charge >= 0.3 is 11.9 Å². The van der Waals surface area contributed by atoms with Crippen LogP contribution in [0.3, 0.4) is 0 Å². The second-order valence-electron chi connectivity index (χ2n) is 20.4. The average Bonchev–Trinajstić information content (AvgIpc) is 3.94. The molecule has 3 aliphatic heterocycles. The van der Waals surface area contributed by atoms with E-state index in [4.69, 9.17) is 61.1 Å². The Bertz CT molecular complexity index is 2080. The molecule has 6 rings (SSSR count). The summed E-state index contributed by atoms with van der Waals surface area (Å²) >= 11 is 14.8. The van der Waals surface area contributed by atoms with Gasteiger partial charge in [-0.25, -0.2) is 0 Å². The predicted octanol–water partition coefficient (Wildman–Crippen LogP) is 8.58. The lowest BCUT2D eigenvalue weighted by Gasteiger charge is -2.48. The van der Waals surface area contributed by atoms with Crippen molar-refractivity contribution in [1.82, 2.24) is 9.88 Å². The zero-order chi connectivity index (χ0) is 51.2. The van der Waals surface area contributed by atoms with Crippen molar-refractivity contribution in [3.8, 4) is 11.5 Å². The van der Waals surface area contributed by atoms with Gasteiger partial charge in [0.15, 0.2) is 23.4 Å². The number of aliphatic hydroxyl groups excluding tert-OH is 1. The number of carbonyl (C=O) groups is 3. The van der Waals surface area contributed by atoms with E-state index >= 15 is 0 Å². The number of halogens is 2. The minimum Gasteiger partial charge on any atom is -0.493 e. The van der Waals surface area contributed by atoms with Gasteiger partial charge in [-0.3, -0.25) is 19.4 Å². The first-order valence-corrected chi connectivity index (χ1v) is 26.7. The molecule has 1 aromatic heterocycles. The number of cyclic esters (lactones) is 1. The fourth-order valence-corrected chi connectivity index (χ4v) is 13.1. The topological polar surface area (TPSA) is 165 Å². The van der Waals surface area contributed by atoms with Crippen LogP contribution >= 0.6 is 35.0 Å². The molecule has 14 atom stereocenters. The summed E-state index contributed by atoms with van der Waals surface area (Å²) < 4.78 is 50.5. The average molecular weight is 1040 g/mol. The number of pyridine rings is 1. The Balaban J connectivity index is 1.31. The van der Waals surface area contributed by atoms with Crippen molar-refractivity contribution in [2.75, 3.05) is 52.6 Å². The fourth-order valence-electron chi connectivity index (χ4n) is 11.2. The Kier molecular flexibility index (Phi) is 19.6. The molecule has 1 unspecified atom stereocenters. The summed E-state index contributed by atoms with van der Waals surface area (Å²) in [7, 11) is 8.75. The van der Waals surface area contributed by atoms with Crippen molar-refractivity contribution in [2.24, 2.45) is 23.7 Å². The van der Waals surface area contributed by atoms with E-state index in [0.717, 1.165) is 31.4 Å². The van der Waals surface area contributed by atoms with Crippen LogP contribution in [-0.4, -0.2) is 146 Å². The number of carbonyl (C=O) groups excluding carboxylic acids is 3. The van der Waals surface area contributed by atoms with Crippen LogP contribution in [-0.2, 0) is 49.3 Å². The lowest BCUT2D eigenvalue weighted by Crippen LogP contribution is -2.60. The number of thioether (sulfide) groups is 1. The number of nitrogens with zero attached hydrogens (tertiary/aromatic N) is 3. The first kappa shape index (κ1) is 56.4. The van der Waals surface area contributed by atoms with Gasteiger partial charge in [0.05, 0.1) is 53.1 Å². The molecule has 70 heavy (non-hydrogen) atoms. The molecule has 1 saturated carbocycles. The van der Waals surface area contributed by atoms with E-state index in [0.29, 0.717) is 52.4 Å². The van der Waals surface area contributed by atoms with Gasteiger partial charge in [-0.1, -0.05) is 44.0 Å². The van der Waals surface area contributed by atoms with Crippen LogP contribution in [0.2, 0.25) is 10.0 Å². The molecule has 0 spiro atoms. The zero-order valence-corrected chi connectivity index (χ0v) is 45.4. The maximum atomic E-state index is 14.8. The molecule has 1 aliphatic carbocycles. The van der Waals surface area contributed by atoms with E-state index in [1.807, 2.05) is 60.0 Å². The van der Waals surface area contributed by atoms with Crippen LogP contribution in [0.1, 0.15) is 105 Å². The minimum absolute atomic E-state index is 0.0392. The SMILES string of the molecule is CC[C@H]1OC(=O)[C@H](C)[C@@H](O)[C@H](C)C(O[C@@H]2O[C@H](C)C[C@H](N(C)C)[C@H]2OC)[C@](C)(OC)CCC(=O)[C@H](C)[C@H]2[C@H](SCCN(Cc3c(Cl)cncc3Cl)c3ccc(OC)c(OC4CCCC4)c3)C(=O)O[C@@]21C. The third kappa shape index (κ3) is 12.3. The van der Waals surface area contributed by atoms with Crippen LogP contribution in [0.15, 0.2) is 30.6 Å². The van der Waals surface area contributed by atoms with E-state index in [-0.39, 0.29) is 43.3 Å². The van der Waals surface area contributed by atoms with Gasteiger partial charge in [0.2, 0.25) is 0 Å². The van der Waals surface area contributed by atoms with Crippen molar-refractivity contribution in [3.05, 3.63) is 46.2 Å². The van der Waals surface area contributed by atoms with Crippen molar-refractivity contribution in [1.29, 1.82) is 0 Å². The van der Waals surface area contributed by atoms with E-state index in [1.165, 1.54) is 11.8 Å². The third-order valence-electron chi connectivity index (χ3n) is 15.6. The molecule has 18 heteroatoms. The van der Waals surface area contributed by atoms with E-state index in [2.05, 4.69) is 14.8 Å². The number of ether oxygens (including phenoxy) is 8. The normalized spacial score (nSPS) is 34.7. The van der Waals surface area contributed by atoms with Crippen molar-refractivity contribution in [2.45, 2.75) is 172 Å². The third-order valence-corrected chi connectivity index (χ3v) is 17.5. The van der Waals surface area contributed by atoms with E-state index in [9.17, 15) is 19.5 Å². The van der Waals surface area contributed by atoms with Crippen LogP contribution in [0.5, 0.6) is 11.5 Å². The van der Waals surface area contributed by atoms with Crippen molar-refractivity contribution < 1.29 is 57.4 Å². The number of hydrogen-bond donors (Lipinski definition) is 1. The molecule has 1 N–H and O–H groups in total. The zero-order valence-electron chi connectivity index (χ0n) is 43.1. The molecular formula is C52H77Cl2N3O12S. The molecule has 1 aromatic carbocycles. The van der Waals surface area contributed by atoms with Gasteiger partial charge in [0.25, 0.3) is 0 Å². The number of anilines is 1. The Labute approximate surface area is 429 Å². The summed E-state index contributed by atoms with van der Waals surface area (Å²) in [5, 5.41) is 12.1. The van der Waals surface area contributed by atoms with Crippen molar-refractivity contribution in [3.63, 3.8) is 0 Å². The molecule has 392 valence electrons. The largest absolute Gasteiger partial charge is 0.493 e. The fraction of sp³-hybridized carbons (Fsp3) is 0.731. The highest BCUT2D eigenvalue weighted by molar-refractivity contribution is 8.00. The number of methoxy groups -OCH3 is 3. The maximum absolute atomic E-state index is 14.8. The number of hydrogen-bond acceptors (Lipinski definition) is 16. The molecular weight excluding hydrogens is 962 g/mol. The maximum Gasteiger partial charge on any atom is 0.320 e. The molecule has 2 aromatic rings. The second-order valence-corrected chi connectivity index (χ2v) is 22.4. The predicted molar refractivity (Wildman–Crippen MR) is 271 cm³/mol. The quantitative estimate of drug-likeness (QED) is 0.159. The van der Waals surface area contributed by atoms with Gasteiger partial charge in [-0.2, -0.15) is 0 Å². The van der Waals surface area contributed by atoms with E-state index < -0.39 is 82.8 Å². The Morgan fingerprint density at radius 1 is 0.957 bits per heavy atom. The number of esters is 2. The number of Topliss-reactive ketones (excluding diaryl/α,β-unsaturated/α-hetero) is 1. The Morgan fingerprint density at radius 3 is 2.26 bits per heavy atom. The lowest BCUT2D eigenvalue weighted by molar-refractivity contribution is -0.304. The number of ketones is 1. The molecule has 0 radical (unpaired) electrons. The van der Waals surface area contributed by atoms with Crippen LogP contribution in [0.25, 0.3) is 0 Å². The number of benzene rings is 1. The summed E-state index contributed by atoms with van der Waals surface area (Å²) in [5.41, 5.74) is -1.05. The lowest BCUT2D eigenvalue weighted by atomic mass is 9.72. The highest BCUT2D eigenvalue weighted by Gasteiger charge is 2.61. The summed E-state index contributed by atoms with van der Waals surface area (Å²) in [6, 6.07) is 5.76. The van der Waals surface area contributed by atoms with Gasteiger partial charge in [0, 0.05) is 93.0 Å². The number of fused-ring (bicyclic) bond motifs is 1. The van der Waals surface area contributed by atoms with Crippen molar-refractivity contribution >= 4 is 58.4 Å². The van der Waals surface area contributed by atoms with Gasteiger partial charge in [-0.05, 0) is 98.9 Å². The second kappa shape index (κ2) is 24.4. The van der Waals surface area contributed by atoms with Gasteiger partial charge in [-0.15, -0.1) is 11.8 Å². The highest BCUT2D eigenvalue weighted by atomic mass is 35.5. The monoisotopic (exact) mass is 1040 g/mol. The van der Waals surface area contributed by atoms with Crippen LogP contribution in [0.4, 0.5) is 5.69 Å². The Morgan fingerprint density at radius 2 is 1.64 bits per heavy atom. The molecule has 3 saturated heterocycles. The number of aromatic nitrogens is 1. The smallest absolute Gasteiger partial charge is 0.320 e. The minimum atomic E-state index is -1.39. The summed E-state index contributed by atoms with van der Waals surface area (Å²) in [4.78, 5) is 51.9. The summed E-state index contributed by atoms with van der Waals surface area (Å²) in [5.74, 6) is -2.82. The van der Waals surface area contributed by atoms with Crippen LogP contribution in [0, 0.1) is 23.7 Å². The molecule has 15 nitrogen and oxygen atoms in total. The standard InChI is InChI=1S/C52H77Cl2N3O12S/c1-13-42-52(7)43(30(3)39(58)20-21-51(6,64-12)47(31(4)44(59)32(5)48(60)67-42)68-50-45(63-11)38(56(8)9)24-29(2)65-50)46(49(61)69-52)70-23-22-57(28-35-36(53)26-55-27-37(35)54)33-18-19-40(62-10)41(25-33)66-34-16-14-15-17-34/h18-19,25-27,29-32,34,38,42-47,50,59H,13-17,20-24,28H2,1-12H3/t29-,30+,31+,32-,38+,42-,43+,44+,45-,46+,47?,50+,51-,52-/m1/s1. The van der Waals surface area contributed by atoms with Crippen LogP contribution < -0.4 is 14.4 Å². The Hall–Kier alpha value is -2.93. The molecule has 4 heterocycles. The number of likely N-dealkylation sites (N-methyl/N-ethyl adjacent to an activating group) is 1.